The lowest BCUT2D eigenvalue weighted by Crippen LogP contribution is -1.97. The quantitative estimate of drug-likeness (QED) is 0.692. The molecule has 3 aromatic heterocycles. The van der Waals surface area contributed by atoms with Crippen LogP contribution in [-0.4, -0.2) is 14.2 Å². The molecule has 1 fully saturated rings. The largest absolute Gasteiger partial charge is 0.331 e. The first-order chi connectivity index (χ1) is 8.40. The Kier molecular flexibility index (Phi) is 1.93. The molecule has 3 aromatic rings. The van der Waals surface area contributed by atoms with E-state index in [1.54, 1.807) is 11.3 Å². The van der Waals surface area contributed by atoms with E-state index >= 15 is 0 Å². The predicted molar refractivity (Wildman–Crippen MR) is 69.2 cm³/mol. The van der Waals surface area contributed by atoms with Crippen molar-refractivity contribution in [3.8, 4) is 11.3 Å². The Morgan fingerprint density at radius 2 is 2.29 bits per heavy atom. The molecule has 0 amide bonds. The molecule has 0 spiro atoms. The van der Waals surface area contributed by atoms with Gasteiger partial charge >= 0.3 is 0 Å². The van der Waals surface area contributed by atoms with Gasteiger partial charge in [-0.2, -0.15) is 16.4 Å². The third-order valence-electron chi connectivity index (χ3n) is 3.37. The van der Waals surface area contributed by atoms with Gasteiger partial charge in [0.1, 0.15) is 5.65 Å². The minimum atomic E-state index is 0.894. The first-order valence-electron chi connectivity index (χ1n) is 5.97. The fourth-order valence-corrected chi connectivity index (χ4v) is 2.86. The second-order valence-electron chi connectivity index (χ2n) is 4.74. The molecule has 0 N–H and O–H groups in total. The molecule has 3 heterocycles. The van der Waals surface area contributed by atoms with Gasteiger partial charge in [0.05, 0.1) is 5.69 Å². The summed E-state index contributed by atoms with van der Waals surface area (Å²) in [7, 11) is 0. The molecule has 86 valence electrons. The molecule has 4 heteroatoms. The average Bonchev–Trinajstić information content (AvgIpc) is 2.79. The highest BCUT2D eigenvalue weighted by molar-refractivity contribution is 7.08. The molecule has 0 bridgehead atoms. The van der Waals surface area contributed by atoms with E-state index in [0.717, 1.165) is 18.2 Å². The van der Waals surface area contributed by atoms with Gasteiger partial charge in [0, 0.05) is 35.9 Å². The second kappa shape index (κ2) is 3.47. The summed E-state index contributed by atoms with van der Waals surface area (Å²) in [4.78, 5) is 0. The molecule has 1 aliphatic rings. The van der Waals surface area contributed by atoms with Crippen molar-refractivity contribution < 1.29 is 0 Å². The van der Waals surface area contributed by atoms with Gasteiger partial charge < -0.3 is 4.57 Å². The van der Waals surface area contributed by atoms with E-state index in [4.69, 9.17) is 0 Å². The molecule has 0 unspecified atom stereocenters. The molecular weight excluding hydrogens is 230 g/mol. The first-order valence-corrected chi connectivity index (χ1v) is 6.91. The maximum atomic E-state index is 4.61. The first kappa shape index (κ1) is 9.48. The Hall–Kier alpha value is -1.55. The van der Waals surface area contributed by atoms with Crippen molar-refractivity contribution in [2.45, 2.75) is 19.4 Å². The van der Waals surface area contributed by atoms with Crippen molar-refractivity contribution in [2.75, 3.05) is 0 Å². The molecule has 3 nitrogen and oxygen atoms in total. The van der Waals surface area contributed by atoms with Gasteiger partial charge in [-0.05, 0) is 30.2 Å². The smallest absolute Gasteiger partial charge is 0.136 e. The van der Waals surface area contributed by atoms with Crippen molar-refractivity contribution in [1.29, 1.82) is 0 Å². The Morgan fingerprint density at radius 1 is 1.35 bits per heavy atom. The van der Waals surface area contributed by atoms with E-state index in [-0.39, 0.29) is 0 Å². The van der Waals surface area contributed by atoms with Gasteiger partial charge in [0.2, 0.25) is 0 Å². The summed E-state index contributed by atoms with van der Waals surface area (Å²) in [5.74, 6) is 0.894. The highest BCUT2D eigenvalue weighted by Gasteiger charge is 2.22. The molecule has 0 saturated heterocycles. The Balaban J connectivity index is 1.78. The van der Waals surface area contributed by atoms with Gasteiger partial charge in [-0.15, -0.1) is 0 Å². The Morgan fingerprint density at radius 3 is 3.06 bits per heavy atom. The summed E-state index contributed by atoms with van der Waals surface area (Å²) in [6.07, 6.45) is 6.96. The van der Waals surface area contributed by atoms with Crippen molar-refractivity contribution in [1.82, 2.24) is 14.2 Å². The van der Waals surface area contributed by atoms with Crippen molar-refractivity contribution in [2.24, 2.45) is 5.92 Å². The fraction of sp³-hybridized carbons (Fsp3) is 0.308. The molecule has 17 heavy (non-hydrogen) atoms. The van der Waals surface area contributed by atoms with Crippen LogP contribution in [0.15, 0.2) is 35.3 Å². The lowest BCUT2D eigenvalue weighted by molar-refractivity contribution is 0.644. The maximum Gasteiger partial charge on any atom is 0.136 e. The maximum absolute atomic E-state index is 4.61. The number of nitrogens with zero attached hydrogens (tertiary/aromatic N) is 3. The van der Waals surface area contributed by atoms with Crippen LogP contribution < -0.4 is 0 Å². The van der Waals surface area contributed by atoms with Crippen LogP contribution in [-0.2, 0) is 6.54 Å². The fourth-order valence-electron chi connectivity index (χ4n) is 2.21. The summed E-state index contributed by atoms with van der Waals surface area (Å²) in [5, 5.41) is 8.85. The van der Waals surface area contributed by atoms with Crippen LogP contribution in [0.4, 0.5) is 0 Å². The normalized spacial score (nSPS) is 15.8. The minimum absolute atomic E-state index is 0.894. The number of fused-ring (bicyclic) bond motifs is 1. The summed E-state index contributed by atoms with van der Waals surface area (Å²) in [6, 6.07) is 4.31. The van der Waals surface area contributed by atoms with Gasteiger partial charge in [-0.25, -0.2) is 4.52 Å². The molecule has 1 saturated carbocycles. The number of aromatic nitrogens is 3. The topological polar surface area (TPSA) is 22.2 Å². The minimum Gasteiger partial charge on any atom is -0.331 e. The van der Waals surface area contributed by atoms with Gasteiger partial charge in [-0.1, -0.05) is 0 Å². The van der Waals surface area contributed by atoms with Crippen LogP contribution in [0.5, 0.6) is 0 Å². The molecular formula is C13H13N3S. The second-order valence-corrected chi connectivity index (χ2v) is 5.52. The van der Waals surface area contributed by atoms with Crippen LogP contribution in [0.3, 0.4) is 0 Å². The van der Waals surface area contributed by atoms with Gasteiger partial charge in [0.25, 0.3) is 0 Å². The van der Waals surface area contributed by atoms with Crippen LogP contribution in [0.1, 0.15) is 12.8 Å². The zero-order chi connectivity index (χ0) is 11.2. The predicted octanol–water partition coefficient (Wildman–Crippen LogP) is 3.27. The van der Waals surface area contributed by atoms with E-state index in [0.29, 0.717) is 0 Å². The number of hydrogen-bond acceptors (Lipinski definition) is 2. The summed E-state index contributed by atoms with van der Waals surface area (Å²) >= 11 is 1.72. The number of thiophene rings is 1. The van der Waals surface area contributed by atoms with Crippen LogP contribution >= 0.6 is 11.3 Å². The van der Waals surface area contributed by atoms with Crippen LogP contribution in [0.2, 0.25) is 0 Å². The Bertz CT molecular complexity index is 643. The number of hydrogen-bond donors (Lipinski definition) is 0. The lowest BCUT2D eigenvalue weighted by Gasteiger charge is -1.99. The van der Waals surface area contributed by atoms with E-state index < -0.39 is 0 Å². The zero-order valence-electron chi connectivity index (χ0n) is 9.41. The van der Waals surface area contributed by atoms with Gasteiger partial charge in [-0.3, -0.25) is 0 Å². The van der Waals surface area contributed by atoms with Crippen molar-refractivity contribution in [3.63, 3.8) is 0 Å². The molecule has 0 atom stereocenters. The standard InChI is InChI=1S/C13H13N3S/c1-2-10(1)8-15-4-5-16-13(15)7-12(14-16)11-3-6-17-9-11/h3-7,9-10H,1-2,8H2. The molecule has 0 radical (unpaired) electrons. The van der Waals surface area contributed by atoms with E-state index in [1.807, 2.05) is 10.7 Å². The molecule has 4 rings (SSSR count). The summed E-state index contributed by atoms with van der Waals surface area (Å²) < 4.78 is 4.30. The van der Waals surface area contributed by atoms with E-state index in [1.165, 1.54) is 24.1 Å². The molecule has 0 aromatic carbocycles. The zero-order valence-corrected chi connectivity index (χ0v) is 10.2. The van der Waals surface area contributed by atoms with E-state index in [9.17, 15) is 0 Å². The molecule has 1 aliphatic carbocycles. The molecule has 0 aliphatic heterocycles. The number of imidazole rings is 1. The van der Waals surface area contributed by atoms with Crippen molar-refractivity contribution >= 4 is 17.0 Å². The van der Waals surface area contributed by atoms with Crippen LogP contribution in [0.25, 0.3) is 16.9 Å². The highest BCUT2D eigenvalue weighted by Crippen LogP contribution is 2.31. The summed E-state index contributed by atoms with van der Waals surface area (Å²) in [5.41, 5.74) is 3.50. The third-order valence-corrected chi connectivity index (χ3v) is 4.05. The average molecular weight is 243 g/mol. The highest BCUT2D eigenvalue weighted by atomic mass is 32.1. The monoisotopic (exact) mass is 243 g/mol. The van der Waals surface area contributed by atoms with Crippen LogP contribution in [0, 0.1) is 5.92 Å². The van der Waals surface area contributed by atoms with E-state index in [2.05, 4.69) is 38.8 Å². The Labute approximate surface area is 103 Å². The summed E-state index contributed by atoms with van der Waals surface area (Å²) in [6.45, 7) is 1.14. The van der Waals surface area contributed by atoms with Crippen molar-refractivity contribution in [3.05, 3.63) is 35.3 Å². The SMILES string of the molecule is c1cc(-c2cc3n(CC4CC4)ccn3n2)cs1. The van der Waals surface area contributed by atoms with Gasteiger partial charge in [0.15, 0.2) is 0 Å². The lowest BCUT2D eigenvalue weighted by atomic mass is 10.2. The third kappa shape index (κ3) is 1.60. The number of rotatable bonds is 3.